The number of anilines is 1. The van der Waals surface area contributed by atoms with Crippen molar-refractivity contribution >= 4 is 35.0 Å². The molecule has 1 unspecified atom stereocenters. The number of nitrogens with two attached hydrogens (primary N) is 1. The molecule has 1 aromatic heterocycles. The van der Waals surface area contributed by atoms with Gasteiger partial charge in [-0.25, -0.2) is 4.79 Å². The van der Waals surface area contributed by atoms with Gasteiger partial charge in [-0.15, -0.1) is 11.8 Å². The van der Waals surface area contributed by atoms with Crippen molar-refractivity contribution in [3.05, 3.63) is 46.9 Å². The Morgan fingerprint density at radius 2 is 2.16 bits per heavy atom. The van der Waals surface area contributed by atoms with Gasteiger partial charge in [0.1, 0.15) is 5.76 Å². The number of aromatic carboxylic acids is 1. The molecular weight excluding hydrogens is 286 g/mol. The van der Waals surface area contributed by atoms with Crippen molar-refractivity contribution in [3.8, 4) is 0 Å². The van der Waals surface area contributed by atoms with Gasteiger partial charge in [0.05, 0.1) is 10.3 Å². The van der Waals surface area contributed by atoms with Crippen LogP contribution in [0.1, 0.15) is 28.5 Å². The van der Waals surface area contributed by atoms with Gasteiger partial charge in [-0.3, -0.25) is 0 Å². The van der Waals surface area contributed by atoms with Crippen molar-refractivity contribution in [3.63, 3.8) is 0 Å². The highest BCUT2D eigenvalue weighted by molar-refractivity contribution is 7.99. The van der Waals surface area contributed by atoms with Gasteiger partial charge in [0.25, 0.3) is 0 Å². The summed E-state index contributed by atoms with van der Waals surface area (Å²) in [5.41, 5.74) is 6.46. The number of halogens is 1. The summed E-state index contributed by atoms with van der Waals surface area (Å²) >= 11 is 7.52. The molecule has 2 aromatic rings. The molecule has 3 N–H and O–H groups in total. The lowest BCUT2D eigenvalue weighted by Gasteiger charge is -2.11. The number of benzene rings is 1. The van der Waals surface area contributed by atoms with Gasteiger partial charge in [0, 0.05) is 10.6 Å². The van der Waals surface area contributed by atoms with Crippen molar-refractivity contribution in [2.75, 3.05) is 5.73 Å². The molecule has 1 aromatic carbocycles. The van der Waals surface area contributed by atoms with Crippen LogP contribution < -0.4 is 5.73 Å². The molecule has 19 heavy (non-hydrogen) atoms. The van der Waals surface area contributed by atoms with E-state index in [4.69, 9.17) is 26.9 Å². The van der Waals surface area contributed by atoms with Crippen molar-refractivity contribution in [2.45, 2.75) is 17.1 Å². The van der Waals surface area contributed by atoms with E-state index >= 15 is 0 Å². The lowest BCUT2D eigenvalue weighted by molar-refractivity contribution is 0.0660. The van der Waals surface area contributed by atoms with Crippen LogP contribution >= 0.6 is 23.4 Å². The highest BCUT2D eigenvalue weighted by Gasteiger charge is 2.17. The fourth-order valence-electron chi connectivity index (χ4n) is 1.57. The summed E-state index contributed by atoms with van der Waals surface area (Å²) in [5, 5.41) is 9.30. The molecule has 0 fully saturated rings. The first kappa shape index (κ1) is 13.8. The van der Waals surface area contributed by atoms with Crippen LogP contribution in [0.25, 0.3) is 0 Å². The minimum absolute atomic E-state index is 0.0745. The fraction of sp³-hybridized carbons (Fsp3) is 0.154. The molecule has 6 heteroatoms. The summed E-state index contributed by atoms with van der Waals surface area (Å²) in [6, 6.07) is 8.39. The Balaban J connectivity index is 2.20. The third kappa shape index (κ3) is 3.05. The van der Waals surface area contributed by atoms with E-state index in [2.05, 4.69) is 0 Å². The zero-order valence-electron chi connectivity index (χ0n) is 10.1. The van der Waals surface area contributed by atoms with E-state index in [-0.39, 0.29) is 11.0 Å². The zero-order valence-corrected chi connectivity index (χ0v) is 11.7. The molecule has 0 aliphatic heterocycles. The Kier molecular flexibility index (Phi) is 4.07. The van der Waals surface area contributed by atoms with Crippen LogP contribution in [0, 0.1) is 0 Å². The summed E-state index contributed by atoms with van der Waals surface area (Å²) in [7, 11) is 0. The van der Waals surface area contributed by atoms with Crippen molar-refractivity contribution < 1.29 is 14.3 Å². The molecule has 0 aliphatic rings. The Morgan fingerprint density at radius 1 is 1.42 bits per heavy atom. The van der Waals surface area contributed by atoms with Crippen LogP contribution in [0.2, 0.25) is 5.02 Å². The summed E-state index contributed by atoms with van der Waals surface area (Å²) in [4.78, 5) is 11.5. The molecule has 100 valence electrons. The SMILES string of the molecule is CC(Sc1c(N)cccc1Cl)c1ccc(C(=O)O)o1. The van der Waals surface area contributed by atoms with Gasteiger partial charge >= 0.3 is 5.97 Å². The van der Waals surface area contributed by atoms with Gasteiger partial charge in [0.2, 0.25) is 5.76 Å². The van der Waals surface area contributed by atoms with Crippen molar-refractivity contribution in [1.29, 1.82) is 0 Å². The quantitative estimate of drug-likeness (QED) is 0.657. The van der Waals surface area contributed by atoms with Crippen LogP contribution in [-0.2, 0) is 0 Å². The molecule has 2 rings (SSSR count). The maximum atomic E-state index is 10.8. The smallest absolute Gasteiger partial charge is 0.371 e. The number of thioether (sulfide) groups is 1. The summed E-state index contributed by atoms with van der Waals surface area (Å²) in [6.07, 6.45) is 0. The standard InChI is InChI=1S/C13H12ClNO3S/c1-7(10-5-6-11(18-10)13(16)17)19-12-8(14)3-2-4-9(12)15/h2-7H,15H2,1H3,(H,16,17). The normalized spacial score (nSPS) is 12.3. The first-order chi connectivity index (χ1) is 8.99. The Labute approximate surface area is 119 Å². The molecule has 0 saturated carbocycles. The first-order valence-electron chi connectivity index (χ1n) is 5.52. The van der Waals surface area contributed by atoms with E-state index in [0.29, 0.717) is 16.5 Å². The van der Waals surface area contributed by atoms with Gasteiger partial charge in [-0.05, 0) is 31.2 Å². The number of hydrogen-bond donors (Lipinski definition) is 2. The molecular formula is C13H12ClNO3S. The Bertz CT molecular complexity index is 591. The third-order valence-corrected chi connectivity index (χ3v) is 4.23. The van der Waals surface area contributed by atoms with Crippen molar-refractivity contribution in [1.82, 2.24) is 0 Å². The molecule has 4 nitrogen and oxygen atoms in total. The Hall–Kier alpha value is -1.59. The predicted molar refractivity (Wildman–Crippen MR) is 75.8 cm³/mol. The molecule has 0 aliphatic carbocycles. The van der Waals surface area contributed by atoms with E-state index in [1.54, 1.807) is 24.3 Å². The third-order valence-electron chi connectivity index (χ3n) is 2.53. The molecule has 0 saturated heterocycles. The summed E-state index contributed by atoms with van der Waals surface area (Å²) in [5.74, 6) is -0.586. The minimum Gasteiger partial charge on any atom is -0.475 e. The van der Waals surface area contributed by atoms with E-state index in [1.807, 2.05) is 6.92 Å². The second-order valence-corrected chi connectivity index (χ2v) is 5.68. The van der Waals surface area contributed by atoms with Crippen LogP contribution in [0.4, 0.5) is 5.69 Å². The highest BCUT2D eigenvalue weighted by Crippen LogP contribution is 2.41. The first-order valence-corrected chi connectivity index (χ1v) is 6.78. The minimum atomic E-state index is -1.08. The number of carboxylic acids is 1. The number of carbonyl (C=O) groups is 1. The maximum Gasteiger partial charge on any atom is 0.371 e. The monoisotopic (exact) mass is 297 g/mol. The molecule has 0 spiro atoms. The zero-order chi connectivity index (χ0) is 14.0. The predicted octanol–water partition coefficient (Wildman–Crippen LogP) is 4.07. The summed E-state index contributed by atoms with van der Waals surface area (Å²) in [6.45, 7) is 1.90. The second kappa shape index (κ2) is 5.59. The molecule has 0 bridgehead atoms. The lowest BCUT2D eigenvalue weighted by Crippen LogP contribution is -1.93. The van der Waals surface area contributed by atoms with E-state index in [1.165, 1.54) is 17.8 Å². The lowest BCUT2D eigenvalue weighted by atomic mass is 10.3. The van der Waals surface area contributed by atoms with Crippen LogP contribution in [0.5, 0.6) is 0 Å². The maximum absolute atomic E-state index is 10.8. The fourth-order valence-corrected chi connectivity index (χ4v) is 2.87. The van der Waals surface area contributed by atoms with Gasteiger partial charge in [0.15, 0.2) is 0 Å². The van der Waals surface area contributed by atoms with Gasteiger partial charge < -0.3 is 15.3 Å². The molecule has 0 radical (unpaired) electrons. The van der Waals surface area contributed by atoms with Crippen LogP contribution in [-0.4, -0.2) is 11.1 Å². The largest absolute Gasteiger partial charge is 0.475 e. The number of carboxylic acid groups (broad SMARTS) is 1. The average molecular weight is 298 g/mol. The number of nitrogen functional groups attached to an aromatic ring is 1. The van der Waals surface area contributed by atoms with Gasteiger partial charge in [-0.2, -0.15) is 0 Å². The average Bonchev–Trinajstić information content (AvgIpc) is 2.83. The number of hydrogen-bond acceptors (Lipinski definition) is 4. The molecule has 0 amide bonds. The number of furan rings is 1. The van der Waals surface area contributed by atoms with E-state index in [0.717, 1.165) is 4.90 Å². The second-order valence-electron chi connectivity index (χ2n) is 3.93. The van der Waals surface area contributed by atoms with Crippen LogP contribution in [0.3, 0.4) is 0 Å². The summed E-state index contributed by atoms with van der Waals surface area (Å²) < 4.78 is 5.25. The number of rotatable bonds is 4. The van der Waals surface area contributed by atoms with Crippen LogP contribution in [0.15, 0.2) is 39.6 Å². The van der Waals surface area contributed by atoms with E-state index < -0.39 is 5.97 Å². The van der Waals surface area contributed by atoms with Crippen molar-refractivity contribution in [2.24, 2.45) is 0 Å². The Morgan fingerprint density at radius 3 is 2.74 bits per heavy atom. The van der Waals surface area contributed by atoms with E-state index in [9.17, 15) is 4.79 Å². The topological polar surface area (TPSA) is 76.5 Å². The molecule has 1 atom stereocenters. The molecule has 1 heterocycles. The van der Waals surface area contributed by atoms with Gasteiger partial charge in [-0.1, -0.05) is 17.7 Å². The highest BCUT2D eigenvalue weighted by atomic mass is 35.5.